The lowest BCUT2D eigenvalue weighted by molar-refractivity contribution is -0.129. The third kappa shape index (κ3) is 3.46. The van der Waals surface area contributed by atoms with Gasteiger partial charge in [0.25, 0.3) is 5.91 Å². The van der Waals surface area contributed by atoms with E-state index in [0.717, 1.165) is 31.5 Å². The molecule has 2 saturated heterocycles. The monoisotopic (exact) mass is 282 g/mol. The van der Waals surface area contributed by atoms with Gasteiger partial charge in [0, 0.05) is 30.1 Å². The van der Waals surface area contributed by atoms with Crippen LogP contribution in [0.5, 0.6) is 0 Å². The summed E-state index contributed by atoms with van der Waals surface area (Å²) in [5, 5.41) is 3.54. The fourth-order valence-corrected chi connectivity index (χ4v) is 3.39. The summed E-state index contributed by atoms with van der Waals surface area (Å²) in [6, 6.07) is 10.5. The van der Waals surface area contributed by atoms with E-state index in [9.17, 15) is 4.79 Å². The van der Waals surface area contributed by atoms with E-state index in [4.69, 9.17) is 0 Å². The quantitative estimate of drug-likeness (QED) is 0.801. The highest BCUT2D eigenvalue weighted by molar-refractivity contribution is 5.94. The summed E-state index contributed by atoms with van der Waals surface area (Å²) in [5.74, 6) is 5.81. The predicted molar refractivity (Wildman–Crippen MR) is 83.7 cm³/mol. The molecule has 3 nitrogen and oxygen atoms in total. The second-order valence-electron chi connectivity index (χ2n) is 5.88. The Morgan fingerprint density at radius 3 is 2.76 bits per heavy atom. The maximum absolute atomic E-state index is 12.5. The number of piperidine rings is 1. The highest BCUT2D eigenvalue weighted by atomic mass is 16.2. The lowest BCUT2D eigenvalue weighted by Crippen LogP contribution is -2.52. The van der Waals surface area contributed by atoms with Crippen LogP contribution in [0.15, 0.2) is 30.3 Å². The average Bonchev–Trinajstić information content (AvgIpc) is 3.08. The van der Waals surface area contributed by atoms with Crippen LogP contribution in [0.3, 0.4) is 0 Å². The van der Waals surface area contributed by atoms with Gasteiger partial charge in [0.1, 0.15) is 0 Å². The Kier molecular flexibility index (Phi) is 4.57. The van der Waals surface area contributed by atoms with Crippen molar-refractivity contribution < 1.29 is 4.79 Å². The van der Waals surface area contributed by atoms with E-state index >= 15 is 0 Å². The van der Waals surface area contributed by atoms with E-state index in [1.54, 1.807) is 0 Å². The van der Waals surface area contributed by atoms with E-state index in [2.05, 4.69) is 17.2 Å². The van der Waals surface area contributed by atoms with Crippen molar-refractivity contribution in [3.8, 4) is 11.8 Å². The van der Waals surface area contributed by atoms with E-state index in [1.165, 1.54) is 19.3 Å². The van der Waals surface area contributed by atoms with Gasteiger partial charge >= 0.3 is 0 Å². The van der Waals surface area contributed by atoms with Crippen LogP contribution in [0, 0.1) is 11.8 Å². The van der Waals surface area contributed by atoms with Gasteiger partial charge in [0.05, 0.1) is 0 Å². The van der Waals surface area contributed by atoms with Gasteiger partial charge < -0.3 is 10.2 Å². The Morgan fingerprint density at radius 2 is 2.00 bits per heavy atom. The molecule has 2 heterocycles. The second-order valence-corrected chi connectivity index (χ2v) is 5.88. The average molecular weight is 282 g/mol. The summed E-state index contributed by atoms with van der Waals surface area (Å²) in [7, 11) is 0. The van der Waals surface area contributed by atoms with Gasteiger partial charge in [-0.2, -0.15) is 0 Å². The molecule has 2 fully saturated rings. The molecule has 0 aromatic heterocycles. The zero-order chi connectivity index (χ0) is 14.5. The van der Waals surface area contributed by atoms with Crippen LogP contribution in [0.4, 0.5) is 0 Å². The molecule has 1 amide bonds. The molecule has 2 unspecified atom stereocenters. The number of benzene rings is 1. The molecule has 2 aliphatic heterocycles. The molecule has 0 bridgehead atoms. The number of amides is 1. The smallest absolute Gasteiger partial charge is 0.299 e. The SMILES string of the molecule is O=C(C#Cc1ccccc1)N1CCCCC1C1CCCN1. The molecule has 0 radical (unpaired) electrons. The first-order chi connectivity index (χ1) is 10.3. The van der Waals surface area contributed by atoms with Crippen molar-refractivity contribution >= 4 is 5.91 Å². The summed E-state index contributed by atoms with van der Waals surface area (Å²) in [6.07, 6.45) is 5.83. The second kappa shape index (κ2) is 6.78. The number of hydrogen-bond donors (Lipinski definition) is 1. The summed E-state index contributed by atoms with van der Waals surface area (Å²) < 4.78 is 0. The number of carbonyl (C=O) groups is 1. The van der Waals surface area contributed by atoms with Gasteiger partial charge in [-0.05, 0) is 50.8 Å². The van der Waals surface area contributed by atoms with Gasteiger partial charge in [-0.15, -0.1) is 0 Å². The number of hydrogen-bond acceptors (Lipinski definition) is 2. The van der Waals surface area contributed by atoms with Gasteiger partial charge in [-0.25, -0.2) is 0 Å². The van der Waals surface area contributed by atoms with Crippen LogP contribution < -0.4 is 5.32 Å². The highest BCUT2D eigenvalue weighted by Crippen LogP contribution is 2.24. The Labute approximate surface area is 126 Å². The van der Waals surface area contributed by atoms with Crippen molar-refractivity contribution in [1.82, 2.24) is 10.2 Å². The van der Waals surface area contributed by atoms with Gasteiger partial charge in [-0.1, -0.05) is 24.1 Å². The van der Waals surface area contributed by atoms with Crippen LogP contribution in [-0.2, 0) is 4.79 Å². The van der Waals surface area contributed by atoms with Crippen molar-refractivity contribution in [2.75, 3.05) is 13.1 Å². The summed E-state index contributed by atoms with van der Waals surface area (Å²) in [4.78, 5) is 14.5. The van der Waals surface area contributed by atoms with Crippen molar-refractivity contribution in [3.63, 3.8) is 0 Å². The molecule has 2 aliphatic rings. The van der Waals surface area contributed by atoms with Crippen molar-refractivity contribution in [1.29, 1.82) is 0 Å². The molecular formula is C18H22N2O. The molecule has 3 heteroatoms. The Hall–Kier alpha value is -1.79. The van der Waals surface area contributed by atoms with Crippen LogP contribution in [0.1, 0.15) is 37.7 Å². The fraction of sp³-hybridized carbons (Fsp3) is 0.500. The number of nitrogens with one attached hydrogen (secondary N) is 1. The van der Waals surface area contributed by atoms with Crippen molar-refractivity contribution in [2.45, 2.75) is 44.2 Å². The van der Waals surface area contributed by atoms with Crippen molar-refractivity contribution in [2.24, 2.45) is 0 Å². The highest BCUT2D eigenvalue weighted by Gasteiger charge is 2.33. The maximum atomic E-state index is 12.5. The molecule has 21 heavy (non-hydrogen) atoms. The molecule has 110 valence electrons. The Bertz CT molecular complexity index is 537. The third-order valence-corrected chi connectivity index (χ3v) is 4.46. The summed E-state index contributed by atoms with van der Waals surface area (Å²) >= 11 is 0. The fourth-order valence-electron chi connectivity index (χ4n) is 3.39. The zero-order valence-electron chi connectivity index (χ0n) is 12.3. The maximum Gasteiger partial charge on any atom is 0.299 e. The largest absolute Gasteiger partial charge is 0.327 e. The predicted octanol–water partition coefficient (Wildman–Crippen LogP) is 2.17. The van der Waals surface area contributed by atoms with Crippen molar-refractivity contribution in [3.05, 3.63) is 35.9 Å². The Balaban J connectivity index is 1.71. The molecule has 0 saturated carbocycles. The minimum absolute atomic E-state index is 0.0164. The summed E-state index contributed by atoms with van der Waals surface area (Å²) in [5.41, 5.74) is 0.901. The van der Waals surface area contributed by atoms with E-state index in [-0.39, 0.29) is 5.91 Å². The molecule has 0 spiro atoms. The number of likely N-dealkylation sites (tertiary alicyclic amines) is 1. The molecule has 0 aliphatic carbocycles. The molecule has 1 N–H and O–H groups in total. The van der Waals surface area contributed by atoms with Crippen LogP contribution >= 0.6 is 0 Å². The topological polar surface area (TPSA) is 32.3 Å². The molecule has 1 aromatic carbocycles. The zero-order valence-corrected chi connectivity index (χ0v) is 12.3. The Morgan fingerprint density at radius 1 is 1.14 bits per heavy atom. The third-order valence-electron chi connectivity index (χ3n) is 4.46. The van der Waals surface area contributed by atoms with Crippen LogP contribution in [0.25, 0.3) is 0 Å². The van der Waals surface area contributed by atoms with Gasteiger partial charge in [0.2, 0.25) is 0 Å². The molecular weight excluding hydrogens is 260 g/mol. The van der Waals surface area contributed by atoms with Gasteiger partial charge in [-0.3, -0.25) is 4.79 Å². The first-order valence-electron chi connectivity index (χ1n) is 7.95. The van der Waals surface area contributed by atoms with E-state index in [0.29, 0.717) is 12.1 Å². The first kappa shape index (κ1) is 14.2. The lowest BCUT2D eigenvalue weighted by atomic mass is 9.94. The molecule has 2 atom stereocenters. The lowest BCUT2D eigenvalue weighted by Gasteiger charge is -2.38. The molecule has 3 rings (SSSR count). The molecule has 1 aromatic rings. The van der Waals surface area contributed by atoms with Crippen LogP contribution in [0.2, 0.25) is 0 Å². The van der Waals surface area contributed by atoms with E-state index < -0.39 is 0 Å². The number of rotatable bonds is 1. The number of carbonyl (C=O) groups excluding carboxylic acids is 1. The minimum atomic E-state index is -0.0164. The summed E-state index contributed by atoms with van der Waals surface area (Å²) in [6.45, 7) is 1.93. The van der Waals surface area contributed by atoms with Gasteiger partial charge in [0.15, 0.2) is 0 Å². The first-order valence-corrected chi connectivity index (χ1v) is 7.95. The van der Waals surface area contributed by atoms with Crippen LogP contribution in [-0.4, -0.2) is 36.0 Å². The minimum Gasteiger partial charge on any atom is -0.327 e. The van der Waals surface area contributed by atoms with E-state index in [1.807, 2.05) is 35.2 Å². The number of nitrogens with zero attached hydrogens (tertiary/aromatic N) is 1. The normalized spacial score (nSPS) is 25.2. The standard InChI is InChI=1S/C18H22N2O/c21-18(12-11-15-7-2-1-3-8-15)20-14-5-4-10-17(20)16-9-6-13-19-16/h1-3,7-8,16-17,19H,4-6,9-10,13-14H2.